The van der Waals surface area contributed by atoms with Crippen molar-refractivity contribution in [3.63, 3.8) is 0 Å². The van der Waals surface area contributed by atoms with Gasteiger partial charge in [-0.2, -0.15) is 5.26 Å². The minimum absolute atomic E-state index is 0. The second-order valence-electron chi connectivity index (χ2n) is 4.60. The van der Waals surface area contributed by atoms with E-state index in [1.165, 1.54) is 12.1 Å². The molecule has 0 spiro atoms. The van der Waals surface area contributed by atoms with Gasteiger partial charge in [-0.25, -0.2) is 13.1 Å². The number of nitriles is 1. The van der Waals surface area contributed by atoms with E-state index >= 15 is 0 Å². The number of nitrogens with one attached hydrogen (secondary N) is 1. The van der Waals surface area contributed by atoms with Crippen molar-refractivity contribution in [2.75, 3.05) is 6.54 Å². The molecule has 0 saturated carbocycles. The van der Waals surface area contributed by atoms with Crippen molar-refractivity contribution in [2.45, 2.75) is 24.3 Å². The van der Waals surface area contributed by atoms with Gasteiger partial charge in [0.25, 0.3) is 0 Å². The molecule has 0 amide bonds. The number of rotatable bonds is 4. The molecule has 0 fully saturated rings. The van der Waals surface area contributed by atoms with Crippen LogP contribution in [0.2, 0.25) is 0 Å². The third-order valence-electron chi connectivity index (χ3n) is 2.03. The highest BCUT2D eigenvalue weighted by Crippen LogP contribution is 2.19. The molecule has 0 aliphatic carbocycles. The van der Waals surface area contributed by atoms with E-state index in [4.69, 9.17) is 11.0 Å². The molecule has 3 N–H and O–H groups in total. The number of benzene rings is 1. The number of halogens is 2. The predicted molar refractivity (Wildman–Crippen MR) is 79.6 cm³/mol. The molecule has 19 heavy (non-hydrogen) atoms. The Balaban J connectivity index is 0.00000324. The number of sulfonamides is 1. The van der Waals surface area contributed by atoms with Crippen LogP contribution >= 0.6 is 28.3 Å². The molecule has 106 valence electrons. The summed E-state index contributed by atoms with van der Waals surface area (Å²) < 4.78 is 27.0. The van der Waals surface area contributed by atoms with Crippen molar-refractivity contribution in [1.29, 1.82) is 5.26 Å². The van der Waals surface area contributed by atoms with E-state index in [9.17, 15) is 8.42 Å². The third kappa shape index (κ3) is 5.89. The molecule has 0 heterocycles. The zero-order chi connectivity index (χ0) is 14.0. The lowest BCUT2D eigenvalue weighted by molar-refractivity contribution is 0.498. The van der Waals surface area contributed by atoms with Gasteiger partial charge in [0, 0.05) is 16.6 Å². The van der Waals surface area contributed by atoms with Gasteiger partial charge in [-0.15, -0.1) is 12.4 Å². The topological polar surface area (TPSA) is 96.0 Å². The van der Waals surface area contributed by atoms with Crippen molar-refractivity contribution in [1.82, 2.24) is 4.72 Å². The van der Waals surface area contributed by atoms with Gasteiger partial charge in [0.2, 0.25) is 10.0 Å². The van der Waals surface area contributed by atoms with Gasteiger partial charge in [0.05, 0.1) is 16.5 Å². The summed E-state index contributed by atoms with van der Waals surface area (Å²) in [6.45, 7) is 3.55. The van der Waals surface area contributed by atoms with E-state index in [0.29, 0.717) is 4.47 Å². The quantitative estimate of drug-likeness (QED) is 0.846. The highest BCUT2D eigenvalue weighted by atomic mass is 79.9. The Labute approximate surface area is 127 Å². The summed E-state index contributed by atoms with van der Waals surface area (Å²) in [5.74, 6) is 0. The molecule has 0 aromatic heterocycles. The molecular formula is C11H15BrClN3O2S. The minimum atomic E-state index is -3.66. The molecule has 8 heteroatoms. The number of nitrogens with zero attached hydrogens (tertiary/aromatic N) is 1. The largest absolute Gasteiger partial charge is 0.324 e. The standard InChI is InChI=1S/C11H14BrN3O2S.ClH/c1-11(2,14)7-15-18(16,17)10-4-8(6-13)3-9(12)5-10;/h3-5,15H,7,14H2,1-2H3;1H. The van der Waals surface area contributed by atoms with Gasteiger partial charge < -0.3 is 5.73 Å². The van der Waals surface area contributed by atoms with Crippen LogP contribution in [0.3, 0.4) is 0 Å². The summed E-state index contributed by atoms with van der Waals surface area (Å²) in [5, 5.41) is 8.81. The molecule has 1 aromatic carbocycles. The Hall–Kier alpha value is -0.650. The summed E-state index contributed by atoms with van der Waals surface area (Å²) >= 11 is 3.17. The average Bonchev–Trinajstić information content (AvgIpc) is 2.25. The van der Waals surface area contributed by atoms with Crippen LogP contribution in [0.5, 0.6) is 0 Å². The molecule has 0 atom stereocenters. The maximum atomic E-state index is 12.0. The van der Waals surface area contributed by atoms with Crippen molar-refractivity contribution in [2.24, 2.45) is 5.73 Å². The van der Waals surface area contributed by atoms with E-state index in [-0.39, 0.29) is 29.4 Å². The summed E-state index contributed by atoms with van der Waals surface area (Å²) in [6, 6.07) is 6.21. The van der Waals surface area contributed by atoms with Gasteiger partial charge in [-0.1, -0.05) is 15.9 Å². The summed E-state index contributed by atoms with van der Waals surface area (Å²) in [4.78, 5) is 0.0395. The highest BCUT2D eigenvalue weighted by molar-refractivity contribution is 9.10. The number of nitrogens with two attached hydrogens (primary N) is 1. The normalized spacial score (nSPS) is 11.5. The van der Waals surface area contributed by atoms with Crippen LogP contribution in [0.25, 0.3) is 0 Å². The molecule has 1 aromatic rings. The van der Waals surface area contributed by atoms with E-state index < -0.39 is 15.6 Å². The Morgan fingerprint density at radius 3 is 2.47 bits per heavy atom. The van der Waals surface area contributed by atoms with Gasteiger partial charge in [-0.05, 0) is 32.0 Å². The fourth-order valence-corrected chi connectivity index (χ4v) is 3.08. The Morgan fingerprint density at radius 1 is 1.42 bits per heavy atom. The first-order valence-electron chi connectivity index (χ1n) is 5.13. The molecule has 0 saturated heterocycles. The second kappa shape index (κ2) is 6.68. The van der Waals surface area contributed by atoms with Crippen LogP contribution in [-0.4, -0.2) is 20.5 Å². The highest BCUT2D eigenvalue weighted by Gasteiger charge is 2.19. The average molecular weight is 369 g/mol. The van der Waals surface area contributed by atoms with E-state index in [2.05, 4.69) is 20.7 Å². The Bertz CT molecular complexity index is 591. The van der Waals surface area contributed by atoms with Gasteiger partial charge in [-0.3, -0.25) is 0 Å². The Kier molecular flexibility index (Phi) is 6.45. The van der Waals surface area contributed by atoms with Gasteiger partial charge in [0.1, 0.15) is 0 Å². The van der Waals surface area contributed by atoms with Crippen LogP contribution in [0.15, 0.2) is 27.6 Å². The fraction of sp³-hybridized carbons (Fsp3) is 0.364. The Morgan fingerprint density at radius 2 is 2.00 bits per heavy atom. The molecule has 0 aliphatic rings. The molecule has 1 rings (SSSR count). The third-order valence-corrected chi connectivity index (χ3v) is 3.87. The lowest BCUT2D eigenvalue weighted by atomic mass is 10.1. The molecule has 0 unspecified atom stereocenters. The first-order chi connectivity index (χ1) is 8.14. The second-order valence-corrected chi connectivity index (χ2v) is 7.28. The maximum Gasteiger partial charge on any atom is 0.240 e. The minimum Gasteiger partial charge on any atom is -0.324 e. The van der Waals surface area contributed by atoms with E-state index in [0.717, 1.165) is 0 Å². The molecule has 0 aliphatic heterocycles. The fourth-order valence-electron chi connectivity index (χ4n) is 1.15. The first-order valence-corrected chi connectivity index (χ1v) is 7.41. The lowest BCUT2D eigenvalue weighted by Crippen LogP contribution is -2.45. The van der Waals surface area contributed by atoms with Crippen LogP contribution in [0.1, 0.15) is 19.4 Å². The molecule has 0 radical (unpaired) electrons. The van der Waals surface area contributed by atoms with Gasteiger partial charge in [0.15, 0.2) is 0 Å². The first kappa shape index (κ1) is 18.4. The van der Waals surface area contributed by atoms with Crippen LogP contribution in [-0.2, 0) is 10.0 Å². The van der Waals surface area contributed by atoms with E-state index in [1.807, 2.05) is 6.07 Å². The monoisotopic (exact) mass is 367 g/mol. The zero-order valence-corrected chi connectivity index (χ0v) is 13.7. The van der Waals surface area contributed by atoms with Crippen LogP contribution < -0.4 is 10.5 Å². The summed E-state index contributed by atoms with van der Waals surface area (Å²) in [7, 11) is -3.66. The number of hydrogen-bond acceptors (Lipinski definition) is 4. The van der Waals surface area contributed by atoms with Gasteiger partial charge >= 0.3 is 0 Å². The summed E-state index contributed by atoms with van der Waals surface area (Å²) in [5.41, 5.74) is 5.35. The predicted octanol–water partition coefficient (Wildman–Crippen LogP) is 1.76. The zero-order valence-electron chi connectivity index (χ0n) is 10.5. The molecule has 5 nitrogen and oxygen atoms in total. The SMILES string of the molecule is CC(C)(N)CNS(=O)(=O)c1cc(Br)cc(C#N)c1.Cl. The molecular weight excluding hydrogens is 354 g/mol. The van der Waals surface area contributed by atoms with Crippen molar-refractivity contribution >= 4 is 38.4 Å². The van der Waals surface area contributed by atoms with Crippen LogP contribution in [0, 0.1) is 11.3 Å². The van der Waals surface area contributed by atoms with Crippen molar-refractivity contribution in [3.8, 4) is 6.07 Å². The maximum absolute atomic E-state index is 12.0. The van der Waals surface area contributed by atoms with Crippen LogP contribution in [0.4, 0.5) is 0 Å². The van der Waals surface area contributed by atoms with Crippen molar-refractivity contribution < 1.29 is 8.42 Å². The van der Waals surface area contributed by atoms with E-state index in [1.54, 1.807) is 19.9 Å². The number of hydrogen-bond donors (Lipinski definition) is 2. The van der Waals surface area contributed by atoms with Crippen molar-refractivity contribution in [3.05, 3.63) is 28.2 Å². The lowest BCUT2D eigenvalue weighted by Gasteiger charge is -2.19. The molecule has 0 bridgehead atoms. The summed E-state index contributed by atoms with van der Waals surface area (Å²) in [6.07, 6.45) is 0. The smallest absolute Gasteiger partial charge is 0.240 e.